The van der Waals surface area contributed by atoms with E-state index in [1.54, 1.807) is 30.3 Å². The van der Waals surface area contributed by atoms with Crippen molar-refractivity contribution in [3.05, 3.63) is 47.5 Å². The van der Waals surface area contributed by atoms with Gasteiger partial charge in [0.25, 0.3) is 5.91 Å². The molecule has 6 heteroatoms. The average Bonchev–Trinajstić information content (AvgIpc) is 2.57. The second kappa shape index (κ2) is 6.82. The van der Waals surface area contributed by atoms with Gasteiger partial charge in [0.2, 0.25) is 0 Å². The second-order valence-corrected chi connectivity index (χ2v) is 6.47. The number of hydrogen-bond donors (Lipinski definition) is 3. The minimum atomic E-state index is -0.984. The Labute approximate surface area is 145 Å². The SMILES string of the molecule is CCOC1CC(O)(CNC(=O)c2ccc3cc(C(=O)O)ccc3c2)C1. The predicted octanol–water partition coefficient (Wildman–Crippen LogP) is 2.20. The van der Waals surface area contributed by atoms with Crippen LogP contribution in [0.5, 0.6) is 0 Å². The third-order valence-corrected chi connectivity index (χ3v) is 4.55. The molecule has 0 atom stereocenters. The number of carboxylic acid groups (broad SMARTS) is 1. The first-order valence-corrected chi connectivity index (χ1v) is 8.29. The van der Waals surface area contributed by atoms with Crippen LogP contribution in [0.1, 0.15) is 40.5 Å². The molecule has 1 aliphatic rings. The summed E-state index contributed by atoms with van der Waals surface area (Å²) in [5, 5.41) is 23.6. The zero-order chi connectivity index (χ0) is 18.0. The average molecular weight is 343 g/mol. The molecule has 1 fully saturated rings. The second-order valence-electron chi connectivity index (χ2n) is 6.47. The Bertz CT molecular complexity index is 811. The molecule has 2 aromatic carbocycles. The Kier molecular flexibility index (Phi) is 4.74. The van der Waals surface area contributed by atoms with E-state index in [-0.39, 0.29) is 24.1 Å². The van der Waals surface area contributed by atoms with Crippen LogP contribution in [0.15, 0.2) is 36.4 Å². The van der Waals surface area contributed by atoms with Gasteiger partial charge in [-0.25, -0.2) is 4.79 Å². The summed E-state index contributed by atoms with van der Waals surface area (Å²) >= 11 is 0. The number of aliphatic hydroxyl groups is 1. The first-order chi connectivity index (χ1) is 11.9. The monoisotopic (exact) mass is 343 g/mol. The largest absolute Gasteiger partial charge is 0.478 e. The van der Waals surface area contributed by atoms with Crippen molar-refractivity contribution in [3.8, 4) is 0 Å². The van der Waals surface area contributed by atoms with Crippen molar-refractivity contribution in [2.75, 3.05) is 13.2 Å². The Balaban J connectivity index is 1.64. The van der Waals surface area contributed by atoms with Crippen LogP contribution in [0.2, 0.25) is 0 Å². The molecule has 2 aromatic rings. The van der Waals surface area contributed by atoms with E-state index in [1.165, 1.54) is 6.07 Å². The van der Waals surface area contributed by atoms with E-state index in [4.69, 9.17) is 9.84 Å². The van der Waals surface area contributed by atoms with Gasteiger partial charge >= 0.3 is 5.97 Å². The van der Waals surface area contributed by atoms with Crippen molar-refractivity contribution >= 4 is 22.6 Å². The molecule has 132 valence electrons. The number of amides is 1. The highest BCUT2D eigenvalue weighted by molar-refractivity contribution is 6.00. The maximum absolute atomic E-state index is 12.3. The van der Waals surface area contributed by atoms with Crippen LogP contribution in [0, 0.1) is 0 Å². The van der Waals surface area contributed by atoms with Gasteiger partial charge in [-0.1, -0.05) is 12.1 Å². The van der Waals surface area contributed by atoms with E-state index in [9.17, 15) is 14.7 Å². The summed E-state index contributed by atoms with van der Waals surface area (Å²) < 4.78 is 5.42. The van der Waals surface area contributed by atoms with Gasteiger partial charge in [-0.15, -0.1) is 0 Å². The summed E-state index contributed by atoms with van der Waals surface area (Å²) in [5.74, 6) is -1.25. The van der Waals surface area contributed by atoms with Gasteiger partial charge in [-0.3, -0.25) is 4.79 Å². The molecule has 6 nitrogen and oxygen atoms in total. The number of hydrogen-bond acceptors (Lipinski definition) is 4. The van der Waals surface area contributed by atoms with Gasteiger partial charge in [-0.2, -0.15) is 0 Å². The molecule has 1 amide bonds. The Morgan fingerprint density at radius 2 is 1.76 bits per heavy atom. The summed E-state index contributed by atoms with van der Waals surface area (Å²) in [6.07, 6.45) is 1.11. The number of carbonyl (C=O) groups is 2. The van der Waals surface area contributed by atoms with Gasteiger partial charge in [-0.05, 0) is 42.0 Å². The predicted molar refractivity (Wildman–Crippen MR) is 92.8 cm³/mol. The lowest BCUT2D eigenvalue weighted by Crippen LogP contribution is -2.55. The van der Waals surface area contributed by atoms with Gasteiger partial charge in [0.15, 0.2) is 0 Å². The molecule has 0 heterocycles. The van der Waals surface area contributed by atoms with Crippen molar-refractivity contribution in [2.45, 2.75) is 31.5 Å². The minimum Gasteiger partial charge on any atom is -0.478 e. The van der Waals surface area contributed by atoms with Crippen LogP contribution in [-0.2, 0) is 4.74 Å². The van der Waals surface area contributed by atoms with Crippen LogP contribution in [-0.4, -0.2) is 46.9 Å². The van der Waals surface area contributed by atoms with E-state index < -0.39 is 11.6 Å². The summed E-state index contributed by atoms with van der Waals surface area (Å²) in [4.78, 5) is 23.3. The lowest BCUT2D eigenvalue weighted by Gasteiger charge is -2.43. The van der Waals surface area contributed by atoms with Crippen LogP contribution in [0.25, 0.3) is 10.8 Å². The number of rotatable bonds is 6. The van der Waals surface area contributed by atoms with Gasteiger partial charge in [0.1, 0.15) is 0 Å². The molecular formula is C19H21NO5. The summed E-state index contributed by atoms with van der Waals surface area (Å²) in [5.41, 5.74) is -0.219. The number of benzene rings is 2. The van der Waals surface area contributed by atoms with Crippen molar-refractivity contribution in [3.63, 3.8) is 0 Å². The van der Waals surface area contributed by atoms with E-state index in [0.29, 0.717) is 25.0 Å². The fourth-order valence-corrected chi connectivity index (χ4v) is 3.15. The number of carbonyl (C=O) groups excluding carboxylic acids is 1. The molecule has 0 spiro atoms. The molecule has 0 aromatic heterocycles. The van der Waals surface area contributed by atoms with Gasteiger partial charge in [0, 0.05) is 31.6 Å². The van der Waals surface area contributed by atoms with Crippen LogP contribution >= 0.6 is 0 Å². The molecule has 0 bridgehead atoms. The number of aromatic carboxylic acids is 1. The highest BCUT2D eigenvalue weighted by atomic mass is 16.5. The summed E-state index contributed by atoms with van der Waals surface area (Å²) in [6, 6.07) is 9.85. The highest BCUT2D eigenvalue weighted by Gasteiger charge is 2.43. The zero-order valence-corrected chi connectivity index (χ0v) is 14.0. The zero-order valence-electron chi connectivity index (χ0n) is 14.0. The van der Waals surface area contributed by atoms with Gasteiger partial charge < -0.3 is 20.3 Å². The Morgan fingerprint density at radius 1 is 1.16 bits per heavy atom. The molecule has 1 saturated carbocycles. The summed E-state index contributed by atoms with van der Waals surface area (Å²) in [7, 11) is 0. The van der Waals surface area contributed by atoms with Crippen molar-refractivity contribution in [2.24, 2.45) is 0 Å². The molecule has 3 N–H and O–H groups in total. The molecule has 0 aliphatic heterocycles. The highest BCUT2D eigenvalue weighted by Crippen LogP contribution is 2.34. The topological polar surface area (TPSA) is 95.9 Å². The van der Waals surface area contributed by atoms with E-state index in [1.807, 2.05) is 6.92 Å². The maximum atomic E-state index is 12.3. The number of nitrogens with one attached hydrogen (secondary N) is 1. The Hall–Kier alpha value is -2.44. The van der Waals surface area contributed by atoms with Crippen molar-refractivity contribution < 1.29 is 24.5 Å². The molecule has 25 heavy (non-hydrogen) atoms. The van der Waals surface area contributed by atoms with E-state index in [0.717, 1.165) is 10.8 Å². The third kappa shape index (κ3) is 3.81. The first-order valence-electron chi connectivity index (χ1n) is 8.29. The lowest BCUT2D eigenvalue weighted by molar-refractivity contribution is -0.133. The van der Waals surface area contributed by atoms with E-state index >= 15 is 0 Å². The number of fused-ring (bicyclic) bond motifs is 1. The fourth-order valence-electron chi connectivity index (χ4n) is 3.15. The fraction of sp³-hybridized carbons (Fsp3) is 0.368. The molecule has 3 rings (SSSR count). The quantitative estimate of drug-likeness (QED) is 0.747. The normalized spacial score (nSPS) is 22.4. The number of ether oxygens (including phenoxy) is 1. The molecule has 0 unspecified atom stereocenters. The Morgan fingerprint density at radius 3 is 2.36 bits per heavy atom. The van der Waals surface area contributed by atoms with Crippen LogP contribution in [0.3, 0.4) is 0 Å². The van der Waals surface area contributed by atoms with Crippen LogP contribution in [0.4, 0.5) is 0 Å². The van der Waals surface area contributed by atoms with Crippen molar-refractivity contribution in [1.82, 2.24) is 5.32 Å². The molecular weight excluding hydrogens is 322 g/mol. The molecule has 0 saturated heterocycles. The standard InChI is InChI=1S/C19H21NO5/c1-2-25-16-9-19(24,10-16)11-20-17(21)14-5-3-13-8-15(18(22)23)6-4-12(13)7-14/h3-8,16,24H,2,9-11H2,1H3,(H,20,21)(H,22,23). The third-order valence-electron chi connectivity index (χ3n) is 4.55. The van der Waals surface area contributed by atoms with Gasteiger partial charge in [0.05, 0.1) is 17.3 Å². The van der Waals surface area contributed by atoms with E-state index in [2.05, 4.69) is 5.32 Å². The maximum Gasteiger partial charge on any atom is 0.335 e. The van der Waals surface area contributed by atoms with Crippen LogP contribution < -0.4 is 5.32 Å². The van der Waals surface area contributed by atoms with Crippen molar-refractivity contribution in [1.29, 1.82) is 0 Å². The smallest absolute Gasteiger partial charge is 0.335 e. The molecule has 1 aliphatic carbocycles. The number of carboxylic acids is 1. The molecule has 0 radical (unpaired) electrons. The summed E-state index contributed by atoms with van der Waals surface area (Å²) in [6.45, 7) is 2.72. The first kappa shape index (κ1) is 17.4. The lowest BCUT2D eigenvalue weighted by atomic mass is 9.77. The minimum absolute atomic E-state index is 0.0657.